The summed E-state index contributed by atoms with van der Waals surface area (Å²) in [5.41, 5.74) is 2.15. The van der Waals surface area contributed by atoms with Crippen LogP contribution in [0.2, 0.25) is 15.1 Å². The zero-order chi connectivity index (χ0) is 15.0. The molecule has 3 rings (SSSR count). The number of benzene rings is 2. The van der Waals surface area contributed by atoms with Crippen LogP contribution in [0.5, 0.6) is 0 Å². The van der Waals surface area contributed by atoms with Crippen LogP contribution >= 0.6 is 50.7 Å². The Balaban J connectivity index is 1.65. The Morgan fingerprint density at radius 1 is 1.00 bits per heavy atom. The predicted octanol–water partition coefficient (Wildman–Crippen LogP) is 6.77. The molecule has 1 aliphatic rings. The molecule has 1 saturated carbocycles. The van der Waals surface area contributed by atoms with Crippen molar-refractivity contribution in [1.82, 2.24) is 0 Å². The minimum atomic E-state index is 0.394. The smallest absolute Gasteiger partial charge is 0.0722 e. The van der Waals surface area contributed by atoms with Gasteiger partial charge in [-0.15, -0.1) is 0 Å². The first-order valence-corrected chi connectivity index (χ1v) is 8.62. The average molecular weight is 406 g/mol. The Morgan fingerprint density at radius 3 is 2.29 bits per heavy atom. The van der Waals surface area contributed by atoms with Crippen molar-refractivity contribution in [3.8, 4) is 0 Å². The molecule has 0 unspecified atom stereocenters. The standard InChI is InChI=1S/C16H13BrCl3N/c17-11-3-1-2-9(4-11)10-5-13(6-10)21-16-14(19)7-12(18)8-15(16)20/h1-4,7-8,10,13,21H,5-6H2. The molecule has 0 aromatic heterocycles. The molecule has 2 aromatic carbocycles. The Hall–Kier alpha value is -0.410. The van der Waals surface area contributed by atoms with Crippen molar-refractivity contribution in [3.05, 3.63) is 61.5 Å². The van der Waals surface area contributed by atoms with Crippen LogP contribution in [0.25, 0.3) is 0 Å². The number of hydrogen-bond acceptors (Lipinski definition) is 1. The van der Waals surface area contributed by atoms with Crippen molar-refractivity contribution in [3.63, 3.8) is 0 Å². The lowest BCUT2D eigenvalue weighted by molar-refractivity contribution is 0.374. The van der Waals surface area contributed by atoms with E-state index in [2.05, 4.69) is 39.4 Å². The first-order chi connectivity index (χ1) is 10.0. The van der Waals surface area contributed by atoms with Gasteiger partial charge in [0.15, 0.2) is 0 Å². The lowest BCUT2D eigenvalue weighted by Crippen LogP contribution is -2.34. The normalized spacial score (nSPS) is 21.0. The van der Waals surface area contributed by atoms with E-state index in [1.54, 1.807) is 12.1 Å². The van der Waals surface area contributed by atoms with Gasteiger partial charge in [-0.25, -0.2) is 0 Å². The molecule has 0 saturated heterocycles. The minimum Gasteiger partial charge on any atom is -0.380 e. The van der Waals surface area contributed by atoms with Crippen LogP contribution in [-0.2, 0) is 0 Å². The van der Waals surface area contributed by atoms with Gasteiger partial charge in [-0.3, -0.25) is 0 Å². The quantitative estimate of drug-likeness (QED) is 0.594. The van der Waals surface area contributed by atoms with Gasteiger partial charge in [0.2, 0.25) is 0 Å². The number of anilines is 1. The van der Waals surface area contributed by atoms with Crippen LogP contribution in [0.3, 0.4) is 0 Å². The highest BCUT2D eigenvalue weighted by atomic mass is 79.9. The number of rotatable bonds is 3. The lowest BCUT2D eigenvalue weighted by Gasteiger charge is -2.37. The van der Waals surface area contributed by atoms with E-state index < -0.39 is 0 Å². The molecular weight excluding hydrogens is 392 g/mol. The Bertz CT molecular complexity index is 645. The van der Waals surface area contributed by atoms with E-state index in [1.807, 2.05) is 6.07 Å². The van der Waals surface area contributed by atoms with Crippen molar-refractivity contribution < 1.29 is 0 Å². The molecule has 0 aliphatic heterocycles. The molecule has 1 N–H and O–H groups in total. The summed E-state index contributed by atoms with van der Waals surface area (Å²) in [6.45, 7) is 0. The molecule has 21 heavy (non-hydrogen) atoms. The summed E-state index contributed by atoms with van der Waals surface area (Å²) in [4.78, 5) is 0. The number of halogens is 4. The molecule has 5 heteroatoms. The van der Waals surface area contributed by atoms with Crippen molar-refractivity contribution in [2.24, 2.45) is 0 Å². The molecule has 1 nitrogen and oxygen atoms in total. The molecule has 1 fully saturated rings. The van der Waals surface area contributed by atoms with Crippen LogP contribution in [0, 0.1) is 0 Å². The summed E-state index contributed by atoms with van der Waals surface area (Å²) in [5.74, 6) is 0.588. The molecular formula is C16H13BrCl3N. The number of hydrogen-bond donors (Lipinski definition) is 1. The predicted molar refractivity (Wildman–Crippen MR) is 95.0 cm³/mol. The summed E-state index contributed by atoms with van der Waals surface area (Å²) in [6.07, 6.45) is 2.15. The fraction of sp³-hybridized carbons (Fsp3) is 0.250. The van der Waals surface area contributed by atoms with E-state index in [4.69, 9.17) is 34.8 Å². The third kappa shape index (κ3) is 3.50. The molecule has 1 aliphatic carbocycles. The maximum atomic E-state index is 6.20. The molecule has 0 amide bonds. The van der Waals surface area contributed by atoms with Gasteiger partial charge in [0.1, 0.15) is 0 Å². The molecule has 110 valence electrons. The SMILES string of the molecule is Clc1cc(Cl)c(NC2CC(c3cccc(Br)c3)C2)c(Cl)c1. The Kier molecular flexibility index (Phi) is 4.70. The van der Waals surface area contributed by atoms with Gasteiger partial charge in [-0.1, -0.05) is 62.9 Å². The van der Waals surface area contributed by atoms with Crippen molar-refractivity contribution in [1.29, 1.82) is 0 Å². The van der Waals surface area contributed by atoms with Gasteiger partial charge in [0.05, 0.1) is 15.7 Å². The largest absolute Gasteiger partial charge is 0.380 e. The topological polar surface area (TPSA) is 12.0 Å². The molecule has 0 bridgehead atoms. The second kappa shape index (κ2) is 6.37. The van der Waals surface area contributed by atoms with Crippen LogP contribution in [0.15, 0.2) is 40.9 Å². The molecule has 2 aromatic rings. The summed E-state index contributed by atoms with van der Waals surface area (Å²) in [6, 6.07) is 12.3. The fourth-order valence-corrected chi connectivity index (χ4v) is 4.00. The van der Waals surface area contributed by atoms with Crippen LogP contribution < -0.4 is 5.32 Å². The first-order valence-electron chi connectivity index (χ1n) is 6.69. The highest BCUT2D eigenvalue weighted by molar-refractivity contribution is 9.10. The van der Waals surface area contributed by atoms with E-state index in [1.165, 1.54) is 5.56 Å². The van der Waals surface area contributed by atoms with Crippen LogP contribution in [0.4, 0.5) is 5.69 Å². The van der Waals surface area contributed by atoms with Gasteiger partial charge < -0.3 is 5.32 Å². The maximum absolute atomic E-state index is 6.20. The van der Waals surface area contributed by atoms with Gasteiger partial charge >= 0.3 is 0 Å². The molecule has 0 spiro atoms. The molecule has 0 heterocycles. The van der Waals surface area contributed by atoms with E-state index in [0.717, 1.165) is 23.0 Å². The molecule has 0 radical (unpaired) electrons. The van der Waals surface area contributed by atoms with E-state index in [9.17, 15) is 0 Å². The van der Waals surface area contributed by atoms with Crippen molar-refractivity contribution in [2.45, 2.75) is 24.8 Å². The lowest BCUT2D eigenvalue weighted by atomic mass is 9.76. The first kappa shape index (κ1) is 15.5. The van der Waals surface area contributed by atoms with E-state index in [0.29, 0.717) is 27.0 Å². The van der Waals surface area contributed by atoms with E-state index >= 15 is 0 Å². The van der Waals surface area contributed by atoms with E-state index in [-0.39, 0.29) is 0 Å². The van der Waals surface area contributed by atoms with Crippen molar-refractivity contribution >= 4 is 56.4 Å². The summed E-state index contributed by atoms with van der Waals surface area (Å²) >= 11 is 21.8. The summed E-state index contributed by atoms with van der Waals surface area (Å²) in [5, 5.41) is 5.11. The van der Waals surface area contributed by atoms with Crippen LogP contribution in [-0.4, -0.2) is 6.04 Å². The van der Waals surface area contributed by atoms with Crippen molar-refractivity contribution in [2.75, 3.05) is 5.32 Å². The Morgan fingerprint density at radius 2 is 1.67 bits per heavy atom. The van der Waals surface area contributed by atoms with Gasteiger partial charge in [0, 0.05) is 15.5 Å². The second-order valence-electron chi connectivity index (χ2n) is 5.31. The third-order valence-corrected chi connectivity index (χ3v) is 5.12. The third-order valence-electron chi connectivity index (χ3n) is 3.81. The monoisotopic (exact) mass is 403 g/mol. The average Bonchev–Trinajstić information content (AvgIpc) is 2.35. The summed E-state index contributed by atoms with van der Waals surface area (Å²) < 4.78 is 1.13. The molecule has 0 atom stereocenters. The highest BCUT2D eigenvalue weighted by Gasteiger charge is 2.31. The zero-order valence-electron chi connectivity index (χ0n) is 11.0. The second-order valence-corrected chi connectivity index (χ2v) is 7.48. The zero-order valence-corrected chi connectivity index (χ0v) is 14.9. The van der Waals surface area contributed by atoms with Gasteiger partial charge in [-0.2, -0.15) is 0 Å². The summed E-state index contributed by atoms with van der Waals surface area (Å²) in [7, 11) is 0. The van der Waals surface area contributed by atoms with Gasteiger partial charge in [0.25, 0.3) is 0 Å². The number of nitrogens with one attached hydrogen (secondary N) is 1. The maximum Gasteiger partial charge on any atom is 0.0722 e. The van der Waals surface area contributed by atoms with Crippen LogP contribution in [0.1, 0.15) is 24.3 Å². The Labute approximate surface area is 147 Å². The minimum absolute atomic E-state index is 0.394. The fourth-order valence-electron chi connectivity index (χ4n) is 2.65. The highest BCUT2D eigenvalue weighted by Crippen LogP contribution is 2.42. The van der Waals surface area contributed by atoms with Gasteiger partial charge in [-0.05, 0) is 48.6 Å².